The molecule has 2 aromatic carbocycles. The van der Waals surface area contributed by atoms with Gasteiger partial charge in [0.15, 0.2) is 11.0 Å². The van der Waals surface area contributed by atoms with Crippen LogP contribution >= 0.6 is 23.4 Å². The normalized spacial score (nSPS) is 11.1. The molecule has 2 aromatic heterocycles. The quantitative estimate of drug-likeness (QED) is 0.248. The van der Waals surface area contributed by atoms with Gasteiger partial charge in [-0.3, -0.25) is 14.3 Å². The lowest BCUT2D eigenvalue weighted by Crippen LogP contribution is -2.20. The highest BCUT2D eigenvalue weighted by Gasteiger charge is 2.17. The Morgan fingerprint density at radius 2 is 1.78 bits per heavy atom. The average molecular weight is 463 g/mol. The average Bonchev–Trinajstić information content (AvgIpc) is 3.23. The van der Waals surface area contributed by atoms with Gasteiger partial charge in [0.25, 0.3) is 5.91 Å². The number of hydrogen-bond acceptors (Lipinski definition) is 6. The van der Waals surface area contributed by atoms with E-state index < -0.39 is 0 Å². The topological polar surface area (TPSA) is 85.1 Å². The Balaban J connectivity index is 1.53. The number of aromatic nitrogens is 4. The van der Waals surface area contributed by atoms with Crippen molar-refractivity contribution in [2.45, 2.75) is 12.1 Å². The lowest BCUT2D eigenvalue weighted by atomic mass is 10.2. The van der Waals surface area contributed by atoms with Gasteiger partial charge in [-0.05, 0) is 61.0 Å². The third kappa shape index (κ3) is 5.40. The number of thioether (sulfide) groups is 1. The van der Waals surface area contributed by atoms with Crippen LogP contribution in [0.4, 0.5) is 0 Å². The molecule has 0 aliphatic rings. The Morgan fingerprint density at radius 3 is 2.50 bits per heavy atom. The third-order valence-electron chi connectivity index (χ3n) is 4.47. The van der Waals surface area contributed by atoms with Gasteiger partial charge in [-0.25, -0.2) is 5.43 Å². The number of halogens is 1. The first kappa shape index (κ1) is 21.7. The van der Waals surface area contributed by atoms with E-state index >= 15 is 0 Å². The number of pyridine rings is 1. The van der Waals surface area contributed by atoms with Crippen molar-refractivity contribution in [1.82, 2.24) is 25.2 Å². The fourth-order valence-corrected chi connectivity index (χ4v) is 3.74. The lowest BCUT2D eigenvalue weighted by Gasteiger charge is -2.10. The summed E-state index contributed by atoms with van der Waals surface area (Å²) in [5, 5.41) is 13.9. The highest BCUT2D eigenvalue weighted by molar-refractivity contribution is 7.99. The Labute approximate surface area is 194 Å². The van der Waals surface area contributed by atoms with Crippen LogP contribution in [0.3, 0.4) is 0 Å². The van der Waals surface area contributed by atoms with Gasteiger partial charge in [0.1, 0.15) is 0 Å². The molecular formula is C23H19ClN6OS. The summed E-state index contributed by atoms with van der Waals surface area (Å²) in [6.07, 6.45) is 4.89. The van der Waals surface area contributed by atoms with Crippen molar-refractivity contribution in [1.29, 1.82) is 0 Å². The molecule has 2 heterocycles. The number of benzene rings is 2. The molecule has 0 fully saturated rings. The summed E-state index contributed by atoms with van der Waals surface area (Å²) in [5.41, 5.74) is 6.31. The predicted octanol–water partition coefficient (Wildman–Crippen LogP) is 4.53. The third-order valence-corrected chi connectivity index (χ3v) is 5.65. The zero-order valence-electron chi connectivity index (χ0n) is 17.1. The Bertz CT molecular complexity index is 1220. The van der Waals surface area contributed by atoms with Crippen LogP contribution in [0.15, 0.2) is 83.3 Å². The molecule has 7 nitrogen and oxygen atoms in total. The number of carbonyl (C=O) groups excluding carboxylic acids is 1. The molecule has 0 saturated carbocycles. The van der Waals surface area contributed by atoms with Crippen LogP contribution in [-0.4, -0.2) is 37.6 Å². The number of amides is 1. The number of aryl methyl sites for hydroxylation is 1. The molecule has 0 spiro atoms. The van der Waals surface area contributed by atoms with Gasteiger partial charge in [0, 0.05) is 28.7 Å². The van der Waals surface area contributed by atoms with E-state index in [0.717, 1.165) is 22.4 Å². The van der Waals surface area contributed by atoms with E-state index in [4.69, 9.17) is 11.6 Å². The summed E-state index contributed by atoms with van der Waals surface area (Å²) >= 11 is 7.32. The SMILES string of the molecule is Cc1ccc(-n2c(SCC(=O)N/N=C\c3ccncc3)nnc2-c2ccc(Cl)cc2)cc1. The van der Waals surface area contributed by atoms with Gasteiger partial charge in [-0.1, -0.05) is 41.1 Å². The fourth-order valence-electron chi connectivity index (χ4n) is 2.87. The molecule has 0 radical (unpaired) electrons. The minimum Gasteiger partial charge on any atom is -0.272 e. The van der Waals surface area contributed by atoms with E-state index in [9.17, 15) is 4.79 Å². The second-order valence-corrected chi connectivity index (χ2v) is 8.23. The molecule has 9 heteroatoms. The van der Waals surface area contributed by atoms with E-state index in [1.54, 1.807) is 30.7 Å². The molecule has 1 N–H and O–H groups in total. The van der Waals surface area contributed by atoms with Gasteiger partial charge in [0.05, 0.1) is 12.0 Å². The summed E-state index contributed by atoms with van der Waals surface area (Å²) in [4.78, 5) is 16.2. The molecule has 1 amide bonds. The number of nitrogens with zero attached hydrogens (tertiary/aromatic N) is 5. The van der Waals surface area contributed by atoms with Gasteiger partial charge < -0.3 is 0 Å². The highest BCUT2D eigenvalue weighted by Crippen LogP contribution is 2.28. The number of hydrazone groups is 1. The summed E-state index contributed by atoms with van der Waals surface area (Å²) in [6.45, 7) is 2.03. The summed E-state index contributed by atoms with van der Waals surface area (Å²) < 4.78 is 1.93. The molecule has 0 bridgehead atoms. The maximum Gasteiger partial charge on any atom is 0.250 e. The van der Waals surface area contributed by atoms with Crippen molar-refractivity contribution in [3.63, 3.8) is 0 Å². The van der Waals surface area contributed by atoms with Gasteiger partial charge >= 0.3 is 0 Å². The molecule has 0 aliphatic carbocycles. The van der Waals surface area contributed by atoms with E-state index in [2.05, 4.69) is 25.7 Å². The first-order valence-corrected chi connectivity index (χ1v) is 11.1. The number of carbonyl (C=O) groups is 1. The summed E-state index contributed by atoms with van der Waals surface area (Å²) in [7, 11) is 0. The van der Waals surface area contributed by atoms with Crippen molar-refractivity contribution in [2.24, 2.45) is 5.10 Å². The number of rotatable bonds is 7. The van der Waals surface area contributed by atoms with Crippen molar-refractivity contribution < 1.29 is 4.79 Å². The molecule has 32 heavy (non-hydrogen) atoms. The molecule has 0 atom stereocenters. The van der Waals surface area contributed by atoms with Crippen LogP contribution in [0.5, 0.6) is 0 Å². The van der Waals surface area contributed by atoms with E-state index in [0.29, 0.717) is 16.0 Å². The number of hydrogen-bond donors (Lipinski definition) is 1. The van der Waals surface area contributed by atoms with Crippen LogP contribution in [-0.2, 0) is 4.79 Å². The van der Waals surface area contributed by atoms with Crippen LogP contribution in [0.25, 0.3) is 17.1 Å². The van der Waals surface area contributed by atoms with E-state index in [-0.39, 0.29) is 11.7 Å². The Kier molecular flexibility index (Phi) is 6.94. The molecule has 0 saturated heterocycles. The minimum absolute atomic E-state index is 0.137. The molecule has 160 valence electrons. The van der Waals surface area contributed by atoms with E-state index in [1.165, 1.54) is 11.8 Å². The van der Waals surface area contributed by atoms with Crippen molar-refractivity contribution in [3.05, 3.63) is 89.2 Å². The van der Waals surface area contributed by atoms with Crippen LogP contribution in [0.2, 0.25) is 5.02 Å². The molecular weight excluding hydrogens is 444 g/mol. The van der Waals surface area contributed by atoms with Crippen molar-refractivity contribution in [3.8, 4) is 17.1 Å². The summed E-state index contributed by atoms with van der Waals surface area (Å²) in [5.74, 6) is 0.564. The molecule has 0 unspecified atom stereocenters. The molecule has 4 aromatic rings. The van der Waals surface area contributed by atoms with E-state index in [1.807, 2.05) is 60.0 Å². The fraction of sp³-hybridized carbons (Fsp3) is 0.0870. The molecule has 4 rings (SSSR count). The van der Waals surface area contributed by atoms with Crippen LogP contribution in [0, 0.1) is 6.92 Å². The number of nitrogens with one attached hydrogen (secondary N) is 1. The van der Waals surface area contributed by atoms with Gasteiger partial charge in [0.2, 0.25) is 0 Å². The standard InChI is InChI=1S/C23H19ClN6OS/c1-16-2-8-20(9-3-16)30-22(18-4-6-19(24)7-5-18)28-29-23(30)32-15-21(31)27-26-14-17-10-12-25-13-11-17/h2-14H,15H2,1H3,(H,27,31)/b26-14-. The zero-order chi connectivity index (χ0) is 22.3. The zero-order valence-corrected chi connectivity index (χ0v) is 18.7. The van der Waals surface area contributed by atoms with Gasteiger partial charge in [-0.2, -0.15) is 5.10 Å². The second kappa shape index (κ2) is 10.2. The monoisotopic (exact) mass is 462 g/mol. The van der Waals surface area contributed by atoms with Crippen LogP contribution < -0.4 is 5.43 Å². The summed E-state index contributed by atoms with van der Waals surface area (Å²) in [6, 6.07) is 19.1. The largest absolute Gasteiger partial charge is 0.272 e. The highest BCUT2D eigenvalue weighted by atomic mass is 35.5. The maximum atomic E-state index is 12.3. The van der Waals surface area contributed by atoms with Crippen molar-refractivity contribution in [2.75, 3.05) is 5.75 Å². The first-order chi connectivity index (χ1) is 15.6. The van der Waals surface area contributed by atoms with Crippen molar-refractivity contribution >= 4 is 35.5 Å². The van der Waals surface area contributed by atoms with Crippen LogP contribution in [0.1, 0.15) is 11.1 Å². The van der Waals surface area contributed by atoms with Gasteiger partial charge in [-0.15, -0.1) is 10.2 Å². The molecule has 0 aliphatic heterocycles. The maximum absolute atomic E-state index is 12.3. The first-order valence-electron chi connectivity index (χ1n) is 9.73. The predicted molar refractivity (Wildman–Crippen MR) is 127 cm³/mol. The second-order valence-electron chi connectivity index (χ2n) is 6.85. The smallest absolute Gasteiger partial charge is 0.250 e. The minimum atomic E-state index is -0.244. The Morgan fingerprint density at radius 1 is 1.06 bits per heavy atom. The Hall–Kier alpha value is -3.49. The lowest BCUT2D eigenvalue weighted by molar-refractivity contribution is -0.118.